The first-order valence-electron chi connectivity index (χ1n) is 40.9. The van der Waals surface area contributed by atoms with Crippen molar-refractivity contribution in [1.29, 1.82) is 0 Å². The minimum absolute atomic E-state index is 0.0118. The van der Waals surface area contributed by atoms with Crippen LogP contribution in [-0.4, -0.2) is 65.1 Å². The number of carbonyl (C=O) groups excluding carboxylic acids is 3. The van der Waals surface area contributed by atoms with E-state index in [1.807, 2.05) is 0 Å². The van der Waals surface area contributed by atoms with E-state index in [-0.39, 0.29) is 52.3 Å². The molecule has 7 aromatic rings. The lowest BCUT2D eigenvalue weighted by Gasteiger charge is -2.55. The summed E-state index contributed by atoms with van der Waals surface area (Å²) in [5.74, 6) is 18.1. The Kier molecular flexibility index (Phi) is 22.3. The second-order valence-electron chi connectivity index (χ2n) is 35.2. The summed E-state index contributed by atoms with van der Waals surface area (Å²) in [4.78, 5) is 47.9. The van der Waals surface area contributed by atoms with Gasteiger partial charge in [0.25, 0.3) is 0 Å². The zero-order chi connectivity index (χ0) is 72.1. The van der Waals surface area contributed by atoms with Crippen LogP contribution in [-0.2, 0) is 62.7 Å². The van der Waals surface area contributed by atoms with Crippen molar-refractivity contribution in [1.82, 2.24) is 0 Å². The van der Waals surface area contributed by atoms with E-state index in [0.717, 1.165) is 131 Å². The largest absolute Gasteiger partial charge is 0.481 e. The lowest BCUT2D eigenvalue weighted by atomic mass is 9.49. The van der Waals surface area contributed by atoms with Crippen LogP contribution in [0.4, 0.5) is 0 Å². The maximum absolute atomic E-state index is 13.3. The summed E-state index contributed by atoms with van der Waals surface area (Å²) in [6, 6.07) is 48.8. The Hall–Kier alpha value is -5.59. The molecule has 22 rings (SSSR count). The zero-order valence-corrected chi connectivity index (χ0v) is 67.2. The van der Waals surface area contributed by atoms with Crippen molar-refractivity contribution in [3.8, 4) is 17.2 Å². The average molecular weight is 1490 g/mol. The minimum Gasteiger partial charge on any atom is -0.481 e. The first-order valence-corrected chi connectivity index (χ1v) is 46.8. The molecule has 12 saturated carbocycles. The van der Waals surface area contributed by atoms with Crippen molar-refractivity contribution >= 4 is 72.3 Å². The van der Waals surface area contributed by atoms with Crippen molar-refractivity contribution in [2.45, 2.75) is 238 Å². The fourth-order valence-corrected chi connectivity index (χ4v) is 32.3. The molecule has 105 heavy (non-hydrogen) atoms. The van der Waals surface area contributed by atoms with Crippen LogP contribution < -0.4 is 14.2 Å². The molecule has 0 atom stereocenters. The predicted molar refractivity (Wildman–Crippen MR) is 435 cm³/mol. The summed E-state index contributed by atoms with van der Waals surface area (Å²) < 4.78 is 24.3. The van der Waals surface area contributed by atoms with Crippen LogP contribution in [0.5, 0.6) is 17.2 Å². The number of esters is 3. The van der Waals surface area contributed by atoms with Crippen molar-refractivity contribution in [2.75, 3.05) is 41.1 Å². The molecule has 7 nitrogen and oxygen atoms in total. The van der Waals surface area contributed by atoms with Crippen LogP contribution in [0.2, 0.25) is 0 Å². The molecule has 0 spiro atoms. The second-order valence-corrected chi connectivity index (χ2v) is 44.0. The SMILES string of the molecule is Cc1cc([S+]2CCCC2)cc(C)c1OC(=O)C12CC3CC(CC(C3)C1)C2.Cc1cc([S+]2CCCCC2)cc(C)c1OC(=O)C12CC3CC(CC(C3)C1)C2.Cc1ccc([S+](c2ccc(C)cc2)c2ccc(C)cc2)cc1.O=C(COc1ccc([S+]2CCCC2)c2ccccc12)OC1C2CC3CC(C2)CC1C3. The van der Waals surface area contributed by atoms with Crippen LogP contribution in [0.3, 0.4) is 0 Å². The first-order chi connectivity index (χ1) is 50.9. The van der Waals surface area contributed by atoms with Crippen molar-refractivity contribution in [3.05, 3.63) is 172 Å². The number of fused-ring (bicyclic) bond motifs is 1. The van der Waals surface area contributed by atoms with E-state index in [0.29, 0.717) is 44.5 Å². The van der Waals surface area contributed by atoms with E-state index >= 15 is 0 Å². The van der Waals surface area contributed by atoms with Gasteiger partial charge in [0, 0.05) is 43.5 Å². The smallest absolute Gasteiger partial charge is 0.344 e. The van der Waals surface area contributed by atoms with Gasteiger partial charge < -0.3 is 18.9 Å². The Bertz CT molecular complexity index is 4000. The first kappa shape index (κ1) is 73.5. The van der Waals surface area contributed by atoms with Gasteiger partial charge in [-0.3, -0.25) is 9.59 Å². The van der Waals surface area contributed by atoms with E-state index in [2.05, 4.69) is 182 Å². The van der Waals surface area contributed by atoms with Crippen LogP contribution in [0.15, 0.2) is 163 Å². The van der Waals surface area contributed by atoms with Crippen molar-refractivity contribution in [3.63, 3.8) is 0 Å². The molecule has 15 aliphatic rings. The van der Waals surface area contributed by atoms with E-state index in [1.165, 1.54) is 202 Å². The van der Waals surface area contributed by atoms with Gasteiger partial charge in [0.2, 0.25) is 0 Å². The fraction of sp³-hybridized carbons (Fsp3) is 0.543. The second kappa shape index (κ2) is 31.8. The Morgan fingerprint density at radius 3 is 1.11 bits per heavy atom. The van der Waals surface area contributed by atoms with Gasteiger partial charge in [-0.05, 0) is 363 Å². The Balaban J connectivity index is 0.000000108. The Morgan fingerprint density at radius 2 is 0.733 bits per heavy atom. The van der Waals surface area contributed by atoms with E-state index in [4.69, 9.17) is 18.9 Å². The quantitative estimate of drug-likeness (QED) is 0.0609. The monoisotopic (exact) mass is 1480 g/mol. The van der Waals surface area contributed by atoms with Crippen LogP contribution >= 0.6 is 0 Å². The minimum atomic E-state index is -0.196. The number of hydrogen-bond acceptors (Lipinski definition) is 7. The molecule has 0 unspecified atom stereocenters. The van der Waals surface area contributed by atoms with Crippen molar-refractivity contribution < 1.29 is 33.3 Å². The highest BCUT2D eigenvalue weighted by Crippen LogP contribution is 2.62. The van der Waals surface area contributed by atoms with Gasteiger partial charge in [0.05, 0.1) is 21.7 Å². The van der Waals surface area contributed by atoms with E-state index < -0.39 is 0 Å². The van der Waals surface area contributed by atoms with Gasteiger partial charge in [-0.1, -0.05) is 71.3 Å². The Morgan fingerprint density at radius 1 is 0.390 bits per heavy atom. The summed E-state index contributed by atoms with van der Waals surface area (Å²) in [5.41, 5.74) is 8.19. The molecule has 12 aliphatic carbocycles. The number of benzene rings is 7. The summed E-state index contributed by atoms with van der Waals surface area (Å²) in [5, 5.41) is 2.41. The molecule has 11 heteroatoms. The molecular weight excluding hydrogens is 1370 g/mol. The lowest BCUT2D eigenvalue weighted by Crippen LogP contribution is -2.51. The molecular formula is C94H116O7S4+4. The molecule has 12 bridgehead atoms. The third-order valence-corrected chi connectivity index (χ3v) is 36.6. The van der Waals surface area contributed by atoms with Crippen molar-refractivity contribution in [2.24, 2.45) is 70.0 Å². The number of rotatable bonds is 14. The number of aryl methyl sites for hydroxylation is 7. The number of hydrogen-bond donors (Lipinski definition) is 0. The maximum atomic E-state index is 13.3. The molecule has 554 valence electrons. The maximum Gasteiger partial charge on any atom is 0.344 e. The van der Waals surface area contributed by atoms with Gasteiger partial charge in [0.15, 0.2) is 36.0 Å². The predicted octanol–water partition coefficient (Wildman–Crippen LogP) is 21.8. The highest BCUT2D eigenvalue weighted by molar-refractivity contribution is 7.98. The van der Waals surface area contributed by atoms with Gasteiger partial charge in [-0.2, -0.15) is 0 Å². The average Bonchev–Trinajstić information content (AvgIpc) is 1.26. The van der Waals surface area contributed by atoms with Gasteiger partial charge in [-0.25, -0.2) is 4.79 Å². The summed E-state index contributed by atoms with van der Waals surface area (Å²) >= 11 is 0. The third kappa shape index (κ3) is 16.2. The highest BCUT2D eigenvalue weighted by atomic mass is 32.2. The molecule has 15 fully saturated rings. The van der Waals surface area contributed by atoms with Gasteiger partial charge in [0.1, 0.15) is 57.9 Å². The van der Waals surface area contributed by atoms with Gasteiger partial charge >= 0.3 is 17.9 Å². The molecule has 0 radical (unpaired) electrons. The normalized spacial score (nSPS) is 29.6. The standard InChI is InChI=1S/C26H31O3S.C24H33O2S.C23H31O2S.C21H21S/c27-25(29-26-19-12-17-11-18(14-19)15-20(26)13-17)16-28-23-7-8-24(30-9-3-4-10-30)22-6-2-1-5-21(22)23;1-16-8-21(27-6-4-3-5-7-27)9-17(2)22(16)26-23(25)24-13-18-10-19(14-24)12-20(11-18)15-24;1-15-7-20(26-5-3-4-6-26)8-16(2)21(15)25-22(24)23-12-17-9-18(13-23)11-19(10-17)14-23;1-16-4-10-19(11-5-16)22(20-12-6-17(2)7-13-20)21-14-8-18(3)9-15-21/h1-2,5-8,17-20,26H,3-4,9-16H2;8-9,18-20H,3-7,10-15H2,1-2H3;7-8,17-19H,3-6,9-14H2,1-2H3;4-15H,1-3H3/q4*+1. The highest BCUT2D eigenvalue weighted by Gasteiger charge is 2.58. The molecule has 7 aromatic carbocycles. The fourth-order valence-electron chi connectivity index (χ4n) is 22.9. The molecule has 3 saturated heterocycles. The van der Waals surface area contributed by atoms with Crippen LogP contribution in [0, 0.1) is 118 Å². The molecule has 3 aliphatic heterocycles. The molecule has 0 amide bonds. The third-order valence-electron chi connectivity index (χ3n) is 26.9. The molecule has 3 heterocycles. The Labute approximate surface area is 639 Å². The van der Waals surface area contributed by atoms with Crippen LogP contribution in [0.25, 0.3) is 10.8 Å². The van der Waals surface area contributed by atoms with E-state index in [1.54, 1.807) is 0 Å². The summed E-state index contributed by atoms with van der Waals surface area (Å²) in [6.07, 6.45) is 30.8. The topological polar surface area (TPSA) is 88.1 Å². The lowest BCUT2D eigenvalue weighted by molar-refractivity contribution is -0.172. The van der Waals surface area contributed by atoms with Gasteiger partial charge in [-0.15, -0.1) is 0 Å². The van der Waals surface area contributed by atoms with Crippen LogP contribution in [0.1, 0.15) is 193 Å². The molecule has 0 aromatic heterocycles. The summed E-state index contributed by atoms with van der Waals surface area (Å²) in [7, 11) is 1.14. The zero-order valence-electron chi connectivity index (χ0n) is 64.0. The van der Waals surface area contributed by atoms with E-state index in [9.17, 15) is 14.4 Å². The summed E-state index contributed by atoms with van der Waals surface area (Å²) in [6.45, 7) is 14.9. The molecule has 0 N–H and O–H groups in total. The number of carbonyl (C=O) groups is 3. The number of ether oxygens (including phenoxy) is 4.